The van der Waals surface area contributed by atoms with Gasteiger partial charge >= 0.3 is 0 Å². The molecule has 0 radical (unpaired) electrons. The monoisotopic (exact) mass is 223 g/mol. The SMILES string of the molecule is O=C([O-])CC(O)C12CC3CC(CC(C3)C1)C2. The van der Waals surface area contributed by atoms with Crippen molar-refractivity contribution >= 4 is 5.97 Å². The van der Waals surface area contributed by atoms with Gasteiger partial charge in [0, 0.05) is 12.4 Å². The first-order chi connectivity index (χ1) is 7.57. The second-order valence-electron chi connectivity index (χ2n) is 6.37. The van der Waals surface area contributed by atoms with E-state index < -0.39 is 12.1 Å². The van der Waals surface area contributed by atoms with E-state index in [4.69, 9.17) is 0 Å². The van der Waals surface area contributed by atoms with Gasteiger partial charge in [0.25, 0.3) is 0 Å². The molecule has 0 saturated heterocycles. The minimum Gasteiger partial charge on any atom is -0.550 e. The van der Waals surface area contributed by atoms with Gasteiger partial charge in [-0.1, -0.05) is 0 Å². The van der Waals surface area contributed by atoms with Crippen LogP contribution in [0.2, 0.25) is 0 Å². The van der Waals surface area contributed by atoms with Gasteiger partial charge in [0.15, 0.2) is 0 Å². The molecule has 0 heterocycles. The highest BCUT2D eigenvalue weighted by Crippen LogP contribution is 2.61. The first kappa shape index (κ1) is 10.6. The smallest absolute Gasteiger partial charge is 0.0648 e. The van der Waals surface area contributed by atoms with Crippen LogP contribution in [0.4, 0.5) is 0 Å². The highest BCUT2D eigenvalue weighted by atomic mass is 16.4. The quantitative estimate of drug-likeness (QED) is 0.766. The van der Waals surface area contributed by atoms with Gasteiger partial charge in [0.1, 0.15) is 0 Å². The molecule has 4 saturated carbocycles. The number of carbonyl (C=O) groups is 1. The van der Waals surface area contributed by atoms with Crippen molar-refractivity contribution in [3.05, 3.63) is 0 Å². The van der Waals surface area contributed by atoms with E-state index in [0.29, 0.717) is 0 Å². The lowest BCUT2D eigenvalue weighted by atomic mass is 9.48. The van der Waals surface area contributed by atoms with E-state index in [2.05, 4.69) is 0 Å². The van der Waals surface area contributed by atoms with Crippen molar-refractivity contribution in [1.29, 1.82) is 0 Å². The van der Waals surface area contributed by atoms with Crippen LogP contribution in [0.1, 0.15) is 44.9 Å². The molecule has 0 aromatic carbocycles. The van der Waals surface area contributed by atoms with Crippen molar-refractivity contribution in [2.45, 2.75) is 51.0 Å². The zero-order chi connectivity index (χ0) is 11.3. The topological polar surface area (TPSA) is 60.4 Å². The maximum atomic E-state index is 10.6. The normalized spacial score (nSPS) is 46.9. The molecule has 3 heteroatoms. The molecule has 90 valence electrons. The number of carbonyl (C=O) groups excluding carboxylic acids is 1. The number of hydrogen-bond donors (Lipinski definition) is 1. The Hall–Kier alpha value is -0.570. The fourth-order valence-corrected chi connectivity index (χ4v) is 4.96. The Morgan fingerprint density at radius 2 is 1.62 bits per heavy atom. The summed E-state index contributed by atoms with van der Waals surface area (Å²) in [6.45, 7) is 0. The van der Waals surface area contributed by atoms with Crippen molar-refractivity contribution in [1.82, 2.24) is 0 Å². The molecular formula is C13H19O3-. The summed E-state index contributed by atoms with van der Waals surface area (Å²) in [7, 11) is 0. The first-order valence-electron chi connectivity index (χ1n) is 6.45. The molecule has 4 bridgehead atoms. The van der Waals surface area contributed by atoms with Gasteiger partial charge < -0.3 is 15.0 Å². The summed E-state index contributed by atoms with van der Waals surface area (Å²) in [6, 6.07) is 0. The average Bonchev–Trinajstić information content (AvgIpc) is 2.13. The lowest BCUT2D eigenvalue weighted by molar-refractivity contribution is -0.309. The fourth-order valence-electron chi connectivity index (χ4n) is 4.96. The van der Waals surface area contributed by atoms with Crippen molar-refractivity contribution in [3.63, 3.8) is 0 Å². The highest BCUT2D eigenvalue weighted by Gasteiger charge is 2.53. The second kappa shape index (κ2) is 3.46. The summed E-state index contributed by atoms with van der Waals surface area (Å²) in [5.41, 5.74) is -0.0746. The average molecular weight is 223 g/mol. The van der Waals surface area contributed by atoms with E-state index in [9.17, 15) is 15.0 Å². The van der Waals surface area contributed by atoms with Crippen LogP contribution in [-0.2, 0) is 4.79 Å². The van der Waals surface area contributed by atoms with E-state index in [1.807, 2.05) is 0 Å². The zero-order valence-electron chi connectivity index (χ0n) is 9.52. The third kappa shape index (κ3) is 1.56. The molecule has 1 atom stereocenters. The maximum absolute atomic E-state index is 10.6. The molecule has 1 N–H and O–H groups in total. The molecule has 3 nitrogen and oxygen atoms in total. The Labute approximate surface area is 95.9 Å². The first-order valence-corrected chi connectivity index (χ1v) is 6.45. The predicted octanol–water partition coefficient (Wildman–Crippen LogP) is 0.704. The third-order valence-electron chi connectivity index (χ3n) is 5.15. The van der Waals surface area contributed by atoms with E-state index in [-0.39, 0.29) is 11.8 Å². The van der Waals surface area contributed by atoms with Gasteiger partial charge in [-0.3, -0.25) is 0 Å². The van der Waals surface area contributed by atoms with Gasteiger partial charge in [0.05, 0.1) is 6.10 Å². The predicted molar refractivity (Wildman–Crippen MR) is 56.2 cm³/mol. The van der Waals surface area contributed by atoms with Crippen molar-refractivity contribution in [2.24, 2.45) is 23.2 Å². The van der Waals surface area contributed by atoms with Crippen LogP contribution in [0.25, 0.3) is 0 Å². The van der Waals surface area contributed by atoms with E-state index in [1.165, 1.54) is 19.3 Å². The highest BCUT2D eigenvalue weighted by molar-refractivity contribution is 5.65. The summed E-state index contributed by atoms with van der Waals surface area (Å²) >= 11 is 0. The van der Waals surface area contributed by atoms with E-state index in [0.717, 1.165) is 37.0 Å². The van der Waals surface area contributed by atoms with Crippen LogP contribution in [0.15, 0.2) is 0 Å². The molecular weight excluding hydrogens is 204 g/mol. The number of rotatable bonds is 3. The molecule has 0 aliphatic heterocycles. The van der Waals surface area contributed by atoms with Crippen molar-refractivity contribution in [2.75, 3.05) is 0 Å². The Morgan fingerprint density at radius 1 is 1.19 bits per heavy atom. The number of aliphatic hydroxyl groups is 1. The minimum atomic E-state index is -1.11. The summed E-state index contributed by atoms with van der Waals surface area (Å²) in [6.07, 6.45) is 6.25. The Morgan fingerprint density at radius 3 is 2.00 bits per heavy atom. The molecule has 1 unspecified atom stereocenters. The lowest BCUT2D eigenvalue weighted by Gasteiger charge is -2.58. The second-order valence-corrected chi connectivity index (χ2v) is 6.37. The summed E-state index contributed by atoms with van der Waals surface area (Å²) in [5, 5.41) is 20.8. The van der Waals surface area contributed by atoms with Crippen LogP contribution in [0, 0.1) is 23.2 Å². The van der Waals surface area contributed by atoms with Gasteiger partial charge in [-0.15, -0.1) is 0 Å². The lowest BCUT2D eigenvalue weighted by Crippen LogP contribution is -2.52. The van der Waals surface area contributed by atoms with Crippen molar-refractivity contribution < 1.29 is 15.0 Å². The van der Waals surface area contributed by atoms with Crippen LogP contribution in [0.5, 0.6) is 0 Å². The Balaban J connectivity index is 1.80. The molecule has 0 spiro atoms. The molecule has 4 aliphatic rings. The summed E-state index contributed by atoms with van der Waals surface area (Å²) < 4.78 is 0. The summed E-state index contributed by atoms with van der Waals surface area (Å²) in [4.78, 5) is 10.6. The number of aliphatic carboxylic acids is 1. The number of hydrogen-bond acceptors (Lipinski definition) is 3. The number of carboxylic acids is 1. The third-order valence-corrected chi connectivity index (χ3v) is 5.15. The molecule has 4 rings (SSSR count). The molecule has 0 amide bonds. The maximum Gasteiger partial charge on any atom is 0.0648 e. The van der Waals surface area contributed by atoms with Gasteiger partial charge in [-0.2, -0.15) is 0 Å². The van der Waals surface area contributed by atoms with Crippen molar-refractivity contribution in [3.8, 4) is 0 Å². The van der Waals surface area contributed by atoms with Crippen LogP contribution < -0.4 is 5.11 Å². The van der Waals surface area contributed by atoms with Gasteiger partial charge in [-0.05, 0) is 61.7 Å². The van der Waals surface area contributed by atoms with Crippen LogP contribution in [-0.4, -0.2) is 17.2 Å². The standard InChI is InChI=1S/C13H20O3/c14-11(4-12(15)16)13-5-8-1-9(6-13)3-10(2-8)7-13/h8-11,14H,1-7H2,(H,15,16)/p-1. The van der Waals surface area contributed by atoms with E-state index in [1.54, 1.807) is 0 Å². The molecule has 4 fully saturated rings. The van der Waals surface area contributed by atoms with Crippen LogP contribution in [0.3, 0.4) is 0 Å². The Bertz CT molecular complexity index is 275. The molecule has 16 heavy (non-hydrogen) atoms. The number of aliphatic hydroxyl groups excluding tert-OH is 1. The largest absolute Gasteiger partial charge is 0.550 e. The van der Waals surface area contributed by atoms with Gasteiger partial charge in [0.2, 0.25) is 0 Å². The summed E-state index contributed by atoms with van der Waals surface area (Å²) in [5.74, 6) is 1.15. The van der Waals surface area contributed by atoms with Crippen LogP contribution >= 0.6 is 0 Å². The van der Waals surface area contributed by atoms with Gasteiger partial charge in [-0.25, -0.2) is 0 Å². The molecule has 0 aromatic rings. The molecule has 0 aromatic heterocycles. The fraction of sp³-hybridized carbons (Fsp3) is 0.923. The zero-order valence-corrected chi connectivity index (χ0v) is 9.52. The minimum absolute atomic E-state index is 0.0746. The van der Waals surface area contributed by atoms with E-state index >= 15 is 0 Å². The molecule has 4 aliphatic carbocycles. The Kier molecular flexibility index (Phi) is 2.29. The number of carboxylic acid groups (broad SMARTS) is 1.